The van der Waals surface area contributed by atoms with Crippen LogP contribution >= 0.6 is 0 Å². The number of anilines is 1. The van der Waals surface area contributed by atoms with Crippen LogP contribution in [0.5, 0.6) is 0 Å². The second kappa shape index (κ2) is 5.27. The Bertz CT molecular complexity index is 413. The Morgan fingerprint density at radius 2 is 2.00 bits per heavy atom. The molecule has 100 valence electrons. The van der Waals surface area contributed by atoms with Gasteiger partial charge in [-0.3, -0.25) is 0 Å². The Balaban J connectivity index is 2.24. The monoisotopic (exact) mass is 251 g/mol. The minimum atomic E-state index is -0.618. The van der Waals surface area contributed by atoms with E-state index in [2.05, 4.69) is 18.7 Å². The molecule has 2 rings (SSSR count). The summed E-state index contributed by atoms with van der Waals surface area (Å²) in [5, 5.41) is 9.46. The van der Waals surface area contributed by atoms with Gasteiger partial charge in [-0.15, -0.1) is 0 Å². The molecule has 0 spiro atoms. The molecule has 1 N–H and O–H groups in total. The molecule has 3 heteroatoms. The van der Waals surface area contributed by atoms with Gasteiger partial charge in [0.1, 0.15) is 5.82 Å². The van der Waals surface area contributed by atoms with E-state index in [1.165, 1.54) is 6.07 Å². The molecule has 0 amide bonds. The Labute approximate surface area is 108 Å². The Morgan fingerprint density at radius 3 is 2.44 bits per heavy atom. The zero-order chi connectivity index (χ0) is 13.3. The van der Waals surface area contributed by atoms with Gasteiger partial charge in [0, 0.05) is 12.6 Å². The number of hydrogen-bond donors (Lipinski definition) is 1. The van der Waals surface area contributed by atoms with Crippen molar-refractivity contribution in [1.82, 2.24) is 0 Å². The SMILES string of the molecule is CC(C)CN(c1ccc(C(C)O)cc1F)C1CC1. The van der Waals surface area contributed by atoms with Crippen LogP contribution in [-0.4, -0.2) is 17.7 Å². The van der Waals surface area contributed by atoms with Crippen LogP contribution in [-0.2, 0) is 0 Å². The maximum atomic E-state index is 14.1. The van der Waals surface area contributed by atoms with E-state index in [0.717, 1.165) is 19.4 Å². The highest BCUT2D eigenvalue weighted by Gasteiger charge is 2.31. The zero-order valence-corrected chi connectivity index (χ0v) is 11.4. The summed E-state index contributed by atoms with van der Waals surface area (Å²) in [5.74, 6) is 0.294. The maximum absolute atomic E-state index is 14.1. The molecule has 1 atom stereocenters. The lowest BCUT2D eigenvalue weighted by Gasteiger charge is -2.27. The maximum Gasteiger partial charge on any atom is 0.146 e. The van der Waals surface area contributed by atoms with E-state index in [9.17, 15) is 9.50 Å². The minimum absolute atomic E-state index is 0.221. The Morgan fingerprint density at radius 1 is 1.33 bits per heavy atom. The first kappa shape index (κ1) is 13.3. The predicted octanol–water partition coefficient (Wildman–Crippen LogP) is 3.50. The van der Waals surface area contributed by atoms with E-state index in [-0.39, 0.29) is 5.82 Å². The molecule has 0 bridgehead atoms. The molecule has 18 heavy (non-hydrogen) atoms. The third kappa shape index (κ3) is 3.02. The first-order chi connectivity index (χ1) is 8.49. The van der Waals surface area contributed by atoms with Gasteiger partial charge >= 0.3 is 0 Å². The lowest BCUT2D eigenvalue weighted by Crippen LogP contribution is -2.30. The molecule has 1 saturated carbocycles. The summed E-state index contributed by atoms with van der Waals surface area (Å²) < 4.78 is 14.1. The lowest BCUT2D eigenvalue weighted by molar-refractivity contribution is 0.199. The van der Waals surface area contributed by atoms with Gasteiger partial charge in [0.05, 0.1) is 11.8 Å². The van der Waals surface area contributed by atoms with Crippen LogP contribution in [0.2, 0.25) is 0 Å². The van der Waals surface area contributed by atoms with Gasteiger partial charge in [-0.05, 0) is 43.4 Å². The van der Waals surface area contributed by atoms with E-state index in [4.69, 9.17) is 0 Å². The largest absolute Gasteiger partial charge is 0.389 e. The predicted molar refractivity (Wildman–Crippen MR) is 72.2 cm³/mol. The second-order valence-electron chi connectivity index (χ2n) is 5.66. The van der Waals surface area contributed by atoms with Crippen molar-refractivity contribution in [3.8, 4) is 0 Å². The molecule has 0 aromatic heterocycles. The van der Waals surface area contributed by atoms with Crippen molar-refractivity contribution in [2.45, 2.75) is 45.8 Å². The highest BCUT2D eigenvalue weighted by atomic mass is 19.1. The first-order valence-corrected chi connectivity index (χ1v) is 6.73. The van der Waals surface area contributed by atoms with Gasteiger partial charge in [-0.25, -0.2) is 4.39 Å². The summed E-state index contributed by atoms with van der Waals surface area (Å²) in [6.45, 7) is 6.84. The van der Waals surface area contributed by atoms with Crippen molar-refractivity contribution in [3.05, 3.63) is 29.6 Å². The second-order valence-corrected chi connectivity index (χ2v) is 5.66. The van der Waals surface area contributed by atoms with Crippen LogP contribution in [0.4, 0.5) is 10.1 Å². The van der Waals surface area contributed by atoms with Crippen LogP contribution < -0.4 is 4.90 Å². The van der Waals surface area contributed by atoms with Crippen LogP contribution in [0.25, 0.3) is 0 Å². The molecule has 1 aliphatic rings. The summed E-state index contributed by atoms with van der Waals surface area (Å²) in [7, 11) is 0. The molecule has 1 unspecified atom stereocenters. The Kier molecular flexibility index (Phi) is 3.91. The van der Waals surface area contributed by atoms with Gasteiger partial charge in [-0.1, -0.05) is 19.9 Å². The number of nitrogens with zero attached hydrogens (tertiary/aromatic N) is 1. The van der Waals surface area contributed by atoms with Crippen LogP contribution in [0.3, 0.4) is 0 Å². The van der Waals surface area contributed by atoms with Crippen LogP contribution in [0, 0.1) is 11.7 Å². The van der Waals surface area contributed by atoms with Gasteiger partial charge in [-0.2, -0.15) is 0 Å². The topological polar surface area (TPSA) is 23.5 Å². The fourth-order valence-electron chi connectivity index (χ4n) is 2.24. The van der Waals surface area contributed by atoms with E-state index in [1.54, 1.807) is 13.0 Å². The molecule has 0 radical (unpaired) electrons. The fraction of sp³-hybridized carbons (Fsp3) is 0.600. The molecule has 1 fully saturated rings. The smallest absolute Gasteiger partial charge is 0.146 e. The van der Waals surface area contributed by atoms with Gasteiger partial charge in [0.15, 0.2) is 0 Å². The molecule has 1 aromatic rings. The third-order valence-electron chi connectivity index (χ3n) is 3.31. The molecule has 2 nitrogen and oxygen atoms in total. The fourth-order valence-corrected chi connectivity index (χ4v) is 2.24. The van der Waals surface area contributed by atoms with Crippen molar-refractivity contribution in [3.63, 3.8) is 0 Å². The number of aliphatic hydroxyl groups is 1. The summed E-state index contributed by atoms with van der Waals surface area (Å²) in [4.78, 5) is 2.17. The normalized spacial score (nSPS) is 17.0. The van der Waals surface area contributed by atoms with E-state index in [1.807, 2.05) is 6.07 Å². The Hall–Kier alpha value is -1.09. The van der Waals surface area contributed by atoms with Crippen molar-refractivity contribution in [2.24, 2.45) is 5.92 Å². The summed E-state index contributed by atoms with van der Waals surface area (Å²) >= 11 is 0. The molecule has 0 heterocycles. The number of rotatable bonds is 5. The molecular formula is C15H22FNO. The van der Waals surface area contributed by atoms with E-state index < -0.39 is 6.10 Å². The van der Waals surface area contributed by atoms with Crippen LogP contribution in [0.1, 0.15) is 45.3 Å². The van der Waals surface area contributed by atoms with E-state index in [0.29, 0.717) is 23.2 Å². The zero-order valence-electron chi connectivity index (χ0n) is 11.4. The van der Waals surface area contributed by atoms with Gasteiger partial charge in [0.25, 0.3) is 0 Å². The highest BCUT2D eigenvalue weighted by molar-refractivity contribution is 5.51. The van der Waals surface area contributed by atoms with Gasteiger partial charge < -0.3 is 10.0 Å². The molecule has 1 aliphatic carbocycles. The first-order valence-electron chi connectivity index (χ1n) is 6.73. The van der Waals surface area contributed by atoms with Gasteiger partial charge in [0.2, 0.25) is 0 Å². The van der Waals surface area contributed by atoms with E-state index >= 15 is 0 Å². The number of benzene rings is 1. The number of halogens is 1. The molecule has 0 saturated heterocycles. The van der Waals surface area contributed by atoms with Crippen LogP contribution in [0.15, 0.2) is 18.2 Å². The number of hydrogen-bond acceptors (Lipinski definition) is 2. The van der Waals surface area contributed by atoms with Crippen molar-refractivity contribution < 1.29 is 9.50 Å². The highest BCUT2D eigenvalue weighted by Crippen LogP contribution is 2.34. The molecule has 0 aliphatic heterocycles. The molecule has 1 aromatic carbocycles. The minimum Gasteiger partial charge on any atom is -0.389 e. The summed E-state index contributed by atoms with van der Waals surface area (Å²) in [6.07, 6.45) is 1.70. The average molecular weight is 251 g/mol. The number of aliphatic hydroxyl groups excluding tert-OH is 1. The average Bonchev–Trinajstić information content (AvgIpc) is 3.09. The third-order valence-corrected chi connectivity index (χ3v) is 3.31. The lowest BCUT2D eigenvalue weighted by atomic mass is 10.1. The quantitative estimate of drug-likeness (QED) is 0.865. The summed E-state index contributed by atoms with van der Waals surface area (Å²) in [5.41, 5.74) is 1.31. The van der Waals surface area contributed by atoms with Crippen molar-refractivity contribution in [2.75, 3.05) is 11.4 Å². The standard InChI is InChI=1S/C15H22FNO/c1-10(2)9-17(13-5-6-13)15-7-4-12(11(3)18)8-14(15)16/h4,7-8,10-11,13,18H,5-6,9H2,1-3H3. The van der Waals surface area contributed by atoms with Crippen molar-refractivity contribution in [1.29, 1.82) is 0 Å². The molecular weight excluding hydrogens is 229 g/mol. The van der Waals surface area contributed by atoms with Crippen molar-refractivity contribution >= 4 is 5.69 Å². The summed E-state index contributed by atoms with van der Waals surface area (Å²) in [6, 6.07) is 5.58.